The van der Waals surface area contributed by atoms with E-state index in [4.69, 9.17) is 13.6 Å². The van der Waals surface area contributed by atoms with Crippen molar-refractivity contribution in [2.24, 2.45) is 5.92 Å². The summed E-state index contributed by atoms with van der Waals surface area (Å²) in [5.41, 5.74) is 2.18. The molecule has 1 aliphatic rings. The number of ether oxygens (including phenoxy) is 1. The fraction of sp³-hybridized carbons (Fsp3) is 0.435. The van der Waals surface area contributed by atoms with Crippen LogP contribution in [0.5, 0.6) is 5.75 Å². The first-order valence-corrected chi connectivity index (χ1v) is 10.0. The molecule has 5 heteroatoms. The predicted octanol–water partition coefficient (Wildman–Crippen LogP) is 5.15. The van der Waals surface area contributed by atoms with Crippen LogP contribution in [-0.2, 0) is 6.54 Å². The van der Waals surface area contributed by atoms with E-state index in [-0.39, 0.29) is 0 Å². The molecule has 4 rings (SSSR count). The van der Waals surface area contributed by atoms with Gasteiger partial charge in [0.2, 0.25) is 0 Å². The zero-order valence-electron chi connectivity index (χ0n) is 16.9. The predicted molar refractivity (Wildman–Crippen MR) is 108 cm³/mol. The highest BCUT2D eigenvalue weighted by Gasteiger charge is 2.23. The lowest BCUT2D eigenvalue weighted by atomic mass is 9.98. The van der Waals surface area contributed by atoms with Crippen LogP contribution >= 0.6 is 0 Å². The van der Waals surface area contributed by atoms with Crippen LogP contribution in [-0.4, -0.2) is 29.6 Å². The number of aryl methyl sites for hydroxylation is 3. The summed E-state index contributed by atoms with van der Waals surface area (Å²) >= 11 is 0. The highest BCUT2D eigenvalue weighted by atomic mass is 16.5. The monoisotopic (exact) mass is 380 g/mol. The smallest absolute Gasteiger partial charge is 0.263 e. The van der Waals surface area contributed by atoms with Crippen molar-refractivity contribution < 1.29 is 13.6 Å². The molecule has 1 aliphatic heterocycles. The normalized spacial score (nSPS) is 17.8. The standard InChI is InChI=1S/C23H28N2O3/c1-16-7-4-5-9-21(16)26-15-19-8-6-12-25(13-19)14-20-18(3)28-23(24-20)22-11-10-17(2)27-22/h4-5,7,9-11,19H,6,8,12-15H2,1-3H3/t19-/m0/s1. The van der Waals surface area contributed by atoms with E-state index in [2.05, 4.69) is 22.9 Å². The van der Waals surface area contributed by atoms with Gasteiger partial charge in [-0.3, -0.25) is 4.90 Å². The molecular formula is C23H28N2O3. The molecule has 0 radical (unpaired) electrons. The molecule has 1 saturated heterocycles. The number of nitrogens with zero attached hydrogens (tertiary/aromatic N) is 2. The molecule has 28 heavy (non-hydrogen) atoms. The van der Waals surface area contributed by atoms with Crippen LogP contribution in [0.4, 0.5) is 0 Å². The number of piperidine rings is 1. The van der Waals surface area contributed by atoms with Crippen LogP contribution in [0.25, 0.3) is 11.7 Å². The van der Waals surface area contributed by atoms with E-state index >= 15 is 0 Å². The van der Waals surface area contributed by atoms with Gasteiger partial charge in [-0.05, 0) is 63.9 Å². The molecule has 148 valence electrons. The second-order valence-electron chi connectivity index (χ2n) is 7.75. The Morgan fingerprint density at radius 3 is 2.75 bits per heavy atom. The number of hydrogen-bond acceptors (Lipinski definition) is 5. The minimum Gasteiger partial charge on any atom is -0.493 e. The van der Waals surface area contributed by atoms with Crippen molar-refractivity contribution in [1.29, 1.82) is 0 Å². The fourth-order valence-corrected chi connectivity index (χ4v) is 3.80. The summed E-state index contributed by atoms with van der Waals surface area (Å²) in [4.78, 5) is 7.14. The Hall–Kier alpha value is -2.53. The Bertz CT molecular complexity index is 928. The Labute approximate surface area is 166 Å². The molecule has 2 aromatic heterocycles. The van der Waals surface area contributed by atoms with E-state index < -0.39 is 0 Å². The Kier molecular flexibility index (Phi) is 5.53. The Morgan fingerprint density at radius 1 is 1.11 bits per heavy atom. The van der Waals surface area contributed by atoms with Gasteiger partial charge < -0.3 is 13.6 Å². The summed E-state index contributed by atoms with van der Waals surface area (Å²) in [5.74, 6) is 4.51. The molecule has 1 fully saturated rings. The van der Waals surface area contributed by atoms with Crippen molar-refractivity contribution in [3.05, 3.63) is 59.2 Å². The van der Waals surface area contributed by atoms with E-state index in [1.165, 1.54) is 18.4 Å². The van der Waals surface area contributed by atoms with Crippen LogP contribution < -0.4 is 4.74 Å². The molecule has 1 atom stereocenters. The largest absolute Gasteiger partial charge is 0.493 e. The molecule has 0 amide bonds. The molecule has 5 nitrogen and oxygen atoms in total. The molecule has 3 aromatic rings. The second kappa shape index (κ2) is 8.23. The topological polar surface area (TPSA) is 51.6 Å². The zero-order valence-corrected chi connectivity index (χ0v) is 16.9. The van der Waals surface area contributed by atoms with E-state index in [1.807, 2.05) is 44.2 Å². The van der Waals surface area contributed by atoms with Gasteiger partial charge in [0.1, 0.15) is 17.3 Å². The molecule has 0 unspecified atom stereocenters. The number of para-hydroxylation sites is 1. The van der Waals surface area contributed by atoms with Crippen molar-refractivity contribution in [2.75, 3.05) is 19.7 Å². The van der Waals surface area contributed by atoms with Crippen LogP contribution in [0.2, 0.25) is 0 Å². The lowest BCUT2D eigenvalue weighted by Crippen LogP contribution is -2.37. The van der Waals surface area contributed by atoms with Crippen LogP contribution in [0, 0.1) is 26.7 Å². The first-order valence-electron chi connectivity index (χ1n) is 10.0. The molecule has 0 aliphatic carbocycles. The number of oxazole rings is 1. The van der Waals surface area contributed by atoms with Gasteiger partial charge in [-0.2, -0.15) is 0 Å². The molecule has 0 saturated carbocycles. The summed E-state index contributed by atoms with van der Waals surface area (Å²) in [5, 5.41) is 0. The molecular weight excluding hydrogens is 352 g/mol. The lowest BCUT2D eigenvalue weighted by molar-refractivity contribution is 0.123. The molecule has 1 aromatic carbocycles. The van der Waals surface area contributed by atoms with Crippen molar-refractivity contribution in [3.63, 3.8) is 0 Å². The Balaban J connectivity index is 1.36. The van der Waals surface area contributed by atoms with Gasteiger partial charge in [0.25, 0.3) is 5.89 Å². The van der Waals surface area contributed by atoms with E-state index in [0.29, 0.717) is 17.6 Å². The van der Waals surface area contributed by atoms with Gasteiger partial charge in [-0.25, -0.2) is 4.98 Å². The first-order chi connectivity index (χ1) is 13.6. The van der Waals surface area contributed by atoms with E-state index in [1.54, 1.807) is 0 Å². The quantitative estimate of drug-likeness (QED) is 0.592. The van der Waals surface area contributed by atoms with Crippen molar-refractivity contribution in [3.8, 4) is 17.4 Å². The third-order valence-corrected chi connectivity index (χ3v) is 5.39. The Morgan fingerprint density at radius 2 is 1.96 bits per heavy atom. The summed E-state index contributed by atoms with van der Waals surface area (Å²) in [6, 6.07) is 12.0. The second-order valence-corrected chi connectivity index (χ2v) is 7.75. The van der Waals surface area contributed by atoms with Crippen LogP contribution in [0.15, 0.2) is 45.2 Å². The maximum absolute atomic E-state index is 6.09. The number of benzene rings is 1. The summed E-state index contributed by atoms with van der Waals surface area (Å²) in [7, 11) is 0. The van der Waals surface area contributed by atoms with Crippen molar-refractivity contribution >= 4 is 0 Å². The van der Waals surface area contributed by atoms with Gasteiger partial charge >= 0.3 is 0 Å². The van der Waals surface area contributed by atoms with Crippen LogP contribution in [0.3, 0.4) is 0 Å². The van der Waals surface area contributed by atoms with Crippen molar-refractivity contribution in [1.82, 2.24) is 9.88 Å². The van der Waals surface area contributed by atoms with Crippen LogP contribution in [0.1, 0.15) is 35.6 Å². The summed E-state index contributed by atoms with van der Waals surface area (Å²) in [6.07, 6.45) is 2.39. The van der Waals surface area contributed by atoms with Crippen molar-refractivity contribution in [2.45, 2.75) is 40.2 Å². The van der Waals surface area contributed by atoms with Gasteiger partial charge in [-0.1, -0.05) is 18.2 Å². The van der Waals surface area contributed by atoms with Gasteiger partial charge in [0, 0.05) is 19.0 Å². The van der Waals surface area contributed by atoms with E-state index in [9.17, 15) is 0 Å². The summed E-state index contributed by atoms with van der Waals surface area (Å²) in [6.45, 7) is 9.66. The third-order valence-electron chi connectivity index (χ3n) is 5.39. The molecule has 0 N–H and O–H groups in total. The maximum Gasteiger partial charge on any atom is 0.263 e. The number of rotatable bonds is 6. The fourth-order valence-electron chi connectivity index (χ4n) is 3.80. The number of furan rings is 1. The maximum atomic E-state index is 6.09. The lowest BCUT2D eigenvalue weighted by Gasteiger charge is -2.32. The van der Waals surface area contributed by atoms with Gasteiger partial charge in [0.15, 0.2) is 5.76 Å². The first kappa shape index (κ1) is 18.8. The minimum absolute atomic E-state index is 0.535. The molecule has 0 spiro atoms. The SMILES string of the molecule is Cc1ccc(-c2nc(CN3CCC[C@H](COc4ccccc4C)C3)c(C)o2)o1. The average molecular weight is 380 g/mol. The zero-order chi connectivity index (χ0) is 19.5. The molecule has 0 bridgehead atoms. The van der Waals surface area contributed by atoms with Gasteiger partial charge in [0.05, 0.1) is 12.3 Å². The number of likely N-dealkylation sites (tertiary alicyclic amines) is 1. The number of hydrogen-bond donors (Lipinski definition) is 0. The summed E-state index contributed by atoms with van der Waals surface area (Å²) < 4.78 is 17.6. The van der Waals surface area contributed by atoms with Gasteiger partial charge in [-0.15, -0.1) is 0 Å². The highest BCUT2D eigenvalue weighted by Crippen LogP contribution is 2.26. The minimum atomic E-state index is 0.535. The highest BCUT2D eigenvalue weighted by molar-refractivity contribution is 5.45. The van der Waals surface area contributed by atoms with E-state index in [0.717, 1.165) is 49.2 Å². The number of aromatic nitrogens is 1. The molecule has 3 heterocycles. The third kappa shape index (κ3) is 4.30. The average Bonchev–Trinajstić information content (AvgIpc) is 3.27.